The molecule has 0 radical (unpaired) electrons. The third-order valence-electron chi connectivity index (χ3n) is 5.17. The number of benzene rings is 1. The second-order valence-corrected chi connectivity index (χ2v) is 7.82. The number of amides is 1. The minimum atomic E-state index is -0.0443. The number of rotatable bonds is 6. The molecule has 2 atom stereocenters. The predicted octanol–water partition coefficient (Wildman–Crippen LogP) is 3.41. The molecular formula is C20H32N2O. The maximum absolute atomic E-state index is 12.3. The summed E-state index contributed by atoms with van der Waals surface area (Å²) in [5.41, 5.74) is 2.50. The van der Waals surface area contributed by atoms with E-state index in [1.54, 1.807) is 0 Å². The molecule has 2 N–H and O–H groups in total. The van der Waals surface area contributed by atoms with E-state index in [9.17, 15) is 4.79 Å². The van der Waals surface area contributed by atoms with Gasteiger partial charge in [-0.3, -0.25) is 4.79 Å². The summed E-state index contributed by atoms with van der Waals surface area (Å²) in [5, 5.41) is 6.59. The van der Waals surface area contributed by atoms with E-state index in [2.05, 4.69) is 62.6 Å². The van der Waals surface area contributed by atoms with Crippen molar-refractivity contribution in [2.24, 2.45) is 11.8 Å². The first-order valence-corrected chi connectivity index (χ1v) is 8.93. The molecule has 23 heavy (non-hydrogen) atoms. The Morgan fingerprint density at radius 2 is 2.22 bits per heavy atom. The number of carbonyl (C=O) groups excluding carboxylic acids is 1. The van der Waals surface area contributed by atoms with Crippen LogP contribution in [0.2, 0.25) is 0 Å². The van der Waals surface area contributed by atoms with E-state index < -0.39 is 0 Å². The van der Waals surface area contributed by atoms with Crippen LogP contribution in [0.4, 0.5) is 0 Å². The lowest BCUT2D eigenvalue weighted by atomic mass is 9.83. The summed E-state index contributed by atoms with van der Waals surface area (Å²) in [6.07, 6.45) is 3.11. The summed E-state index contributed by atoms with van der Waals surface area (Å²) >= 11 is 0. The first-order chi connectivity index (χ1) is 10.9. The highest BCUT2D eigenvalue weighted by atomic mass is 16.1. The Hall–Kier alpha value is -1.35. The highest BCUT2D eigenvalue weighted by Gasteiger charge is 2.24. The molecule has 0 aromatic heterocycles. The van der Waals surface area contributed by atoms with Gasteiger partial charge in [-0.15, -0.1) is 0 Å². The van der Waals surface area contributed by atoms with Gasteiger partial charge in [0.1, 0.15) is 0 Å². The molecule has 1 saturated heterocycles. The fraction of sp³-hybridized carbons (Fsp3) is 0.650. The molecule has 1 aromatic rings. The molecule has 0 saturated carbocycles. The van der Waals surface area contributed by atoms with Crippen LogP contribution in [0.1, 0.15) is 51.2 Å². The van der Waals surface area contributed by atoms with Gasteiger partial charge in [-0.05, 0) is 50.3 Å². The van der Waals surface area contributed by atoms with Crippen LogP contribution in [-0.4, -0.2) is 25.5 Å². The van der Waals surface area contributed by atoms with E-state index in [-0.39, 0.29) is 11.3 Å². The van der Waals surface area contributed by atoms with Gasteiger partial charge in [0.2, 0.25) is 5.91 Å². The van der Waals surface area contributed by atoms with Gasteiger partial charge in [-0.2, -0.15) is 0 Å². The fourth-order valence-corrected chi connectivity index (χ4v) is 3.38. The van der Waals surface area contributed by atoms with Crippen LogP contribution in [0, 0.1) is 18.8 Å². The number of nitrogens with one attached hydrogen (secondary N) is 2. The largest absolute Gasteiger partial charge is 0.355 e. The molecule has 1 aliphatic rings. The van der Waals surface area contributed by atoms with E-state index in [1.807, 2.05) is 0 Å². The summed E-state index contributed by atoms with van der Waals surface area (Å²) in [6, 6.07) is 8.56. The fourth-order valence-electron chi connectivity index (χ4n) is 3.38. The van der Waals surface area contributed by atoms with E-state index in [0.717, 1.165) is 13.1 Å². The van der Waals surface area contributed by atoms with Crippen molar-refractivity contribution in [3.63, 3.8) is 0 Å². The number of piperidine rings is 1. The van der Waals surface area contributed by atoms with Crippen molar-refractivity contribution in [1.29, 1.82) is 0 Å². The van der Waals surface area contributed by atoms with Gasteiger partial charge in [-0.25, -0.2) is 0 Å². The van der Waals surface area contributed by atoms with E-state index in [4.69, 9.17) is 0 Å². The summed E-state index contributed by atoms with van der Waals surface area (Å²) in [7, 11) is 0. The number of carbonyl (C=O) groups is 1. The zero-order chi connectivity index (χ0) is 16.9. The maximum Gasteiger partial charge on any atom is 0.220 e. The summed E-state index contributed by atoms with van der Waals surface area (Å²) in [4.78, 5) is 12.3. The average Bonchev–Trinajstić information content (AvgIpc) is 2.54. The molecule has 128 valence electrons. The Kier molecular flexibility index (Phi) is 6.23. The lowest BCUT2D eigenvalue weighted by molar-refractivity contribution is -0.122. The van der Waals surface area contributed by atoms with Crippen molar-refractivity contribution in [1.82, 2.24) is 10.6 Å². The van der Waals surface area contributed by atoms with Crippen molar-refractivity contribution in [3.8, 4) is 0 Å². The van der Waals surface area contributed by atoms with E-state index in [1.165, 1.54) is 24.0 Å². The second kappa shape index (κ2) is 7.96. The highest BCUT2D eigenvalue weighted by Crippen LogP contribution is 2.24. The van der Waals surface area contributed by atoms with Gasteiger partial charge in [0, 0.05) is 18.4 Å². The third kappa shape index (κ3) is 5.35. The van der Waals surface area contributed by atoms with E-state index in [0.29, 0.717) is 24.8 Å². The minimum Gasteiger partial charge on any atom is -0.355 e. The topological polar surface area (TPSA) is 41.1 Å². The van der Waals surface area contributed by atoms with Gasteiger partial charge < -0.3 is 10.6 Å². The summed E-state index contributed by atoms with van der Waals surface area (Å²) in [5.74, 6) is 1.27. The number of hydrogen-bond donors (Lipinski definition) is 2. The smallest absolute Gasteiger partial charge is 0.220 e. The van der Waals surface area contributed by atoms with Crippen molar-refractivity contribution < 1.29 is 4.79 Å². The molecule has 1 aliphatic heterocycles. The normalized spacial score (nSPS) is 20.1. The lowest BCUT2D eigenvalue weighted by Gasteiger charge is -2.29. The first kappa shape index (κ1) is 18.0. The summed E-state index contributed by atoms with van der Waals surface area (Å²) in [6.45, 7) is 11.6. The quantitative estimate of drug-likeness (QED) is 0.844. The van der Waals surface area contributed by atoms with Crippen molar-refractivity contribution >= 4 is 5.91 Å². The van der Waals surface area contributed by atoms with Gasteiger partial charge in [0.05, 0.1) is 0 Å². The minimum absolute atomic E-state index is 0.0443. The predicted molar refractivity (Wildman–Crippen MR) is 96.6 cm³/mol. The van der Waals surface area contributed by atoms with Crippen molar-refractivity contribution in [3.05, 3.63) is 35.4 Å². The van der Waals surface area contributed by atoms with Crippen LogP contribution in [0.15, 0.2) is 24.3 Å². The Morgan fingerprint density at radius 1 is 1.43 bits per heavy atom. The molecule has 1 amide bonds. The molecule has 2 rings (SSSR count). The second-order valence-electron chi connectivity index (χ2n) is 7.82. The summed E-state index contributed by atoms with van der Waals surface area (Å²) < 4.78 is 0. The van der Waals surface area contributed by atoms with Gasteiger partial charge >= 0.3 is 0 Å². The molecular weight excluding hydrogens is 284 g/mol. The van der Waals surface area contributed by atoms with Crippen LogP contribution in [0.5, 0.6) is 0 Å². The molecule has 3 nitrogen and oxygen atoms in total. The highest BCUT2D eigenvalue weighted by molar-refractivity contribution is 5.76. The van der Waals surface area contributed by atoms with Crippen LogP contribution in [-0.2, 0) is 10.2 Å². The van der Waals surface area contributed by atoms with Crippen molar-refractivity contribution in [2.75, 3.05) is 19.6 Å². The zero-order valence-electron chi connectivity index (χ0n) is 15.1. The molecule has 1 heterocycles. The van der Waals surface area contributed by atoms with Gasteiger partial charge in [0.15, 0.2) is 0 Å². The Morgan fingerprint density at radius 3 is 2.87 bits per heavy atom. The average molecular weight is 316 g/mol. The standard InChI is InChI=1S/C20H32N2O/c1-15-7-5-9-18(11-15)20(3,4)14-22-19(23)12-16(2)17-8-6-10-21-13-17/h5,7,9,11,16-17,21H,6,8,10,12-14H2,1-4H3,(H,22,23). The van der Waals surface area contributed by atoms with Gasteiger partial charge in [-0.1, -0.05) is 50.6 Å². The first-order valence-electron chi connectivity index (χ1n) is 8.93. The van der Waals surface area contributed by atoms with Crippen LogP contribution in [0.3, 0.4) is 0 Å². The molecule has 1 aromatic carbocycles. The maximum atomic E-state index is 12.3. The van der Waals surface area contributed by atoms with Crippen LogP contribution in [0.25, 0.3) is 0 Å². The lowest BCUT2D eigenvalue weighted by Crippen LogP contribution is -2.39. The van der Waals surface area contributed by atoms with Gasteiger partial charge in [0.25, 0.3) is 0 Å². The molecule has 0 spiro atoms. The van der Waals surface area contributed by atoms with Crippen LogP contribution < -0.4 is 10.6 Å². The Balaban J connectivity index is 1.83. The zero-order valence-corrected chi connectivity index (χ0v) is 15.1. The number of hydrogen-bond acceptors (Lipinski definition) is 2. The molecule has 3 heteroatoms. The van der Waals surface area contributed by atoms with E-state index >= 15 is 0 Å². The van der Waals surface area contributed by atoms with Crippen LogP contribution >= 0.6 is 0 Å². The van der Waals surface area contributed by atoms with Crippen molar-refractivity contribution in [2.45, 2.75) is 52.4 Å². The SMILES string of the molecule is Cc1cccc(C(C)(C)CNC(=O)CC(C)C2CCCNC2)c1. The molecule has 0 aliphatic carbocycles. The molecule has 2 unspecified atom stereocenters. The molecule has 1 fully saturated rings. The molecule has 0 bridgehead atoms. The third-order valence-corrected chi connectivity index (χ3v) is 5.17. The Labute approximate surface area is 141 Å². The number of aryl methyl sites for hydroxylation is 1. The monoisotopic (exact) mass is 316 g/mol. The Bertz CT molecular complexity index is 518.